The van der Waals surface area contributed by atoms with Crippen molar-refractivity contribution in [1.82, 2.24) is 0 Å². The number of fused-ring (bicyclic) bond motifs is 1. The summed E-state index contributed by atoms with van der Waals surface area (Å²) >= 11 is 0. The number of rotatable bonds is 4. The Morgan fingerprint density at radius 3 is 2.81 bits per heavy atom. The molecule has 4 nitrogen and oxygen atoms in total. The van der Waals surface area contributed by atoms with Gasteiger partial charge in [0.25, 0.3) is 0 Å². The fraction of sp³-hybridized carbons (Fsp3) is 0.318. The Morgan fingerprint density at radius 1 is 1.19 bits per heavy atom. The zero-order valence-electron chi connectivity index (χ0n) is 14.9. The van der Waals surface area contributed by atoms with E-state index in [1.807, 2.05) is 36.4 Å². The maximum atomic E-state index is 14.0. The molecule has 1 aliphatic heterocycles. The summed E-state index contributed by atoms with van der Waals surface area (Å²) < 4.78 is 31.2. The van der Waals surface area contributed by atoms with E-state index in [-0.39, 0.29) is 25.1 Å². The van der Waals surface area contributed by atoms with E-state index in [9.17, 15) is 9.18 Å². The molecule has 0 fully saturated rings. The molecule has 5 heteroatoms. The average molecular weight is 368 g/mol. The van der Waals surface area contributed by atoms with Gasteiger partial charge in [-0.25, -0.2) is 4.39 Å². The Labute approximate surface area is 157 Å². The third kappa shape index (κ3) is 4.03. The molecular formula is C22H21FO4. The number of ether oxygens (including phenoxy) is 3. The molecule has 1 heterocycles. The van der Waals surface area contributed by atoms with E-state index in [1.165, 1.54) is 12.1 Å². The van der Waals surface area contributed by atoms with Gasteiger partial charge in [-0.15, -0.1) is 0 Å². The largest absolute Gasteiger partial charge is 0.460 e. The van der Waals surface area contributed by atoms with E-state index in [0.717, 1.165) is 18.4 Å². The molecule has 1 aliphatic carbocycles. The van der Waals surface area contributed by atoms with Gasteiger partial charge in [-0.3, -0.25) is 4.79 Å². The average Bonchev–Trinajstić information content (AvgIpc) is 2.72. The van der Waals surface area contributed by atoms with Gasteiger partial charge in [-0.1, -0.05) is 42.5 Å². The van der Waals surface area contributed by atoms with Gasteiger partial charge in [-0.05, 0) is 31.4 Å². The van der Waals surface area contributed by atoms with Crippen molar-refractivity contribution >= 4 is 5.97 Å². The lowest BCUT2D eigenvalue weighted by molar-refractivity contribution is -0.150. The molecule has 0 unspecified atom stereocenters. The SMILES string of the molecule is O=C(OCc1cc(F)cc2c1O[C@H](c1ccccc1)OC2)[C@@H]1CC=CCC1. The first-order valence-electron chi connectivity index (χ1n) is 9.17. The van der Waals surface area contributed by atoms with Gasteiger partial charge in [0, 0.05) is 16.7 Å². The molecule has 0 amide bonds. The smallest absolute Gasteiger partial charge is 0.309 e. The number of benzene rings is 2. The minimum atomic E-state index is -0.568. The molecule has 0 N–H and O–H groups in total. The number of hydrogen-bond acceptors (Lipinski definition) is 4. The van der Waals surface area contributed by atoms with Crippen molar-refractivity contribution in [3.05, 3.63) is 77.1 Å². The maximum Gasteiger partial charge on any atom is 0.309 e. The number of carbonyl (C=O) groups is 1. The Hall–Kier alpha value is -2.66. The van der Waals surface area contributed by atoms with Gasteiger partial charge in [0.1, 0.15) is 18.2 Å². The molecule has 0 saturated carbocycles. The second kappa shape index (κ2) is 7.92. The molecule has 2 aromatic carbocycles. The Balaban J connectivity index is 1.51. The summed E-state index contributed by atoms with van der Waals surface area (Å²) in [6.07, 6.45) is 5.88. The lowest BCUT2D eigenvalue weighted by Crippen LogP contribution is -2.21. The van der Waals surface area contributed by atoms with Crippen LogP contribution in [0.25, 0.3) is 0 Å². The highest BCUT2D eigenvalue weighted by Crippen LogP contribution is 2.37. The second-order valence-electron chi connectivity index (χ2n) is 6.81. The normalized spacial score (nSPS) is 21.2. The number of hydrogen-bond donors (Lipinski definition) is 0. The zero-order chi connectivity index (χ0) is 18.6. The molecule has 0 bridgehead atoms. The molecule has 2 atom stereocenters. The zero-order valence-corrected chi connectivity index (χ0v) is 14.9. The van der Waals surface area contributed by atoms with Crippen LogP contribution in [-0.2, 0) is 27.5 Å². The third-order valence-corrected chi connectivity index (χ3v) is 4.87. The van der Waals surface area contributed by atoms with Crippen LogP contribution in [0.4, 0.5) is 4.39 Å². The van der Waals surface area contributed by atoms with Gasteiger partial charge in [-0.2, -0.15) is 0 Å². The number of halogens is 1. The monoisotopic (exact) mass is 368 g/mol. The molecule has 2 aliphatic rings. The van der Waals surface area contributed by atoms with Gasteiger partial charge >= 0.3 is 5.97 Å². The van der Waals surface area contributed by atoms with Crippen LogP contribution >= 0.6 is 0 Å². The van der Waals surface area contributed by atoms with Gasteiger partial charge in [0.15, 0.2) is 0 Å². The summed E-state index contributed by atoms with van der Waals surface area (Å²) in [6.45, 7) is 0.224. The second-order valence-corrected chi connectivity index (χ2v) is 6.81. The standard InChI is InChI=1S/C22H21FO4/c23-19-11-17(13-25-21(24)15-7-3-1-4-8-15)20-18(12-19)14-26-22(27-20)16-9-5-2-6-10-16/h1-3,5-6,9-12,15,22H,4,7-8,13-14H2/t15-,22-/m1/s1. The first-order valence-corrected chi connectivity index (χ1v) is 9.17. The highest BCUT2D eigenvalue weighted by molar-refractivity contribution is 5.73. The molecule has 0 radical (unpaired) electrons. The van der Waals surface area contributed by atoms with Gasteiger partial charge in [0.05, 0.1) is 12.5 Å². The Morgan fingerprint density at radius 2 is 2.04 bits per heavy atom. The van der Waals surface area contributed by atoms with Crippen LogP contribution in [0, 0.1) is 11.7 Å². The van der Waals surface area contributed by atoms with E-state index in [4.69, 9.17) is 14.2 Å². The van der Waals surface area contributed by atoms with Crippen molar-refractivity contribution in [2.45, 2.75) is 38.8 Å². The third-order valence-electron chi connectivity index (χ3n) is 4.87. The summed E-state index contributed by atoms with van der Waals surface area (Å²) in [5, 5.41) is 0. The summed E-state index contributed by atoms with van der Waals surface area (Å²) in [6, 6.07) is 12.3. The van der Waals surface area contributed by atoms with Crippen LogP contribution in [0.2, 0.25) is 0 Å². The van der Waals surface area contributed by atoms with Crippen LogP contribution in [-0.4, -0.2) is 5.97 Å². The molecule has 2 aromatic rings. The quantitative estimate of drug-likeness (QED) is 0.573. The van der Waals surface area contributed by atoms with Crippen molar-refractivity contribution in [3.63, 3.8) is 0 Å². The van der Waals surface area contributed by atoms with Crippen molar-refractivity contribution in [3.8, 4) is 5.75 Å². The fourth-order valence-corrected chi connectivity index (χ4v) is 3.43. The van der Waals surface area contributed by atoms with Crippen LogP contribution in [0.5, 0.6) is 5.75 Å². The maximum absolute atomic E-state index is 14.0. The van der Waals surface area contributed by atoms with E-state index in [2.05, 4.69) is 6.08 Å². The highest BCUT2D eigenvalue weighted by Gasteiger charge is 2.26. The van der Waals surface area contributed by atoms with Crippen molar-refractivity contribution in [2.75, 3.05) is 0 Å². The Kier molecular flexibility index (Phi) is 5.21. The predicted octanol–water partition coefficient (Wildman–Crippen LogP) is 4.83. The van der Waals surface area contributed by atoms with E-state index >= 15 is 0 Å². The number of allylic oxidation sites excluding steroid dienone is 2. The highest BCUT2D eigenvalue weighted by atomic mass is 19.1. The fourth-order valence-electron chi connectivity index (χ4n) is 3.43. The van der Waals surface area contributed by atoms with Gasteiger partial charge < -0.3 is 14.2 Å². The molecule has 0 spiro atoms. The molecule has 0 saturated heterocycles. The lowest BCUT2D eigenvalue weighted by atomic mass is 9.95. The molecule has 4 rings (SSSR count). The van der Waals surface area contributed by atoms with Crippen molar-refractivity contribution in [1.29, 1.82) is 0 Å². The first kappa shape index (κ1) is 17.7. The summed E-state index contributed by atoms with van der Waals surface area (Å²) in [7, 11) is 0. The Bertz CT molecular complexity index is 847. The first-order chi connectivity index (χ1) is 13.2. The predicted molar refractivity (Wildman–Crippen MR) is 97.3 cm³/mol. The van der Waals surface area contributed by atoms with Crippen LogP contribution in [0.15, 0.2) is 54.6 Å². The molecule has 27 heavy (non-hydrogen) atoms. The molecule has 140 valence electrons. The number of esters is 1. The van der Waals surface area contributed by atoms with Crippen LogP contribution in [0.3, 0.4) is 0 Å². The van der Waals surface area contributed by atoms with E-state index in [1.54, 1.807) is 0 Å². The van der Waals surface area contributed by atoms with E-state index in [0.29, 0.717) is 23.3 Å². The summed E-state index contributed by atoms with van der Waals surface area (Å²) in [5.74, 6) is -0.233. The molecular weight excluding hydrogens is 347 g/mol. The molecule has 0 aromatic heterocycles. The van der Waals surface area contributed by atoms with Crippen molar-refractivity contribution < 1.29 is 23.4 Å². The van der Waals surface area contributed by atoms with E-state index < -0.39 is 12.1 Å². The lowest BCUT2D eigenvalue weighted by Gasteiger charge is -2.28. The van der Waals surface area contributed by atoms with Crippen LogP contribution < -0.4 is 4.74 Å². The van der Waals surface area contributed by atoms with Crippen molar-refractivity contribution in [2.24, 2.45) is 5.92 Å². The summed E-state index contributed by atoms with van der Waals surface area (Å²) in [4.78, 5) is 12.3. The van der Waals surface area contributed by atoms with Gasteiger partial charge in [0.2, 0.25) is 6.29 Å². The summed E-state index contributed by atoms with van der Waals surface area (Å²) in [5.41, 5.74) is 2.02. The minimum Gasteiger partial charge on any atom is -0.460 e. The number of carbonyl (C=O) groups excluding carboxylic acids is 1. The van der Waals surface area contributed by atoms with Crippen LogP contribution in [0.1, 0.15) is 42.2 Å². The minimum absolute atomic E-state index is 0.0132. The topological polar surface area (TPSA) is 44.8 Å².